The van der Waals surface area contributed by atoms with Crippen LogP contribution in [0.15, 0.2) is 42.5 Å². The smallest absolute Gasteiger partial charge is 0.335 e. The fourth-order valence-corrected chi connectivity index (χ4v) is 2.12. The molecule has 0 saturated heterocycles. The summed E-state index contributed by atoms with van der Waals surface area (Å²) in [4.78, 5) is 11.0. The number of carboxylic acid groups (broad SMARTS) is 1. The maximum absolute atomic E-state index is 11.0. The Kier molecular flexibility index (Phi) is 4.08. The molecule has 0 atom stereocenters. The molecular weight excluding hydrogens is 252 g/mol. The Morgan fingerprint density at radius 1 is 1.15 bits per heavy atom. The summed E-state index contributed by atoms with van der Waals surface area (Å²) >= 11 is 0. The third-order valence-corrected chi connectivity index (χ3v) is 3.20. The second-order valence-corrected chi connectivity index (χ2v) is 5.08. The van der Waals surface area contributed by atoms with Gasteiger partial charge in [-0.3, -0.25) is 0 Å². The van der Waals surface area contributed by atoms with Gasteiger partial charge in [-0.2, -0.15) is 0 Å². The lowest BCUT2D eigenvalue weighted by molar-refractivity contribution is 0.0696. The van der Waals surface area contributed by atoms with Crippen molar-refractivity contribution < 1.29 is 14.6 Å². The normalized spacial score (nSPS) is 10.6. The van der Waals surface area contributed by atoms with Gasteiger partial charge in [0.2, 0.25) is 0 Å². The van der Waals surface area contributed by atoms with Gasteiger partial charge in [0.05, 0.1) is 5.56 Å². The Balaban J connectivity index is 2.31. The van der Waals surface area contributed by atoms with Crippen LogP contribution in [0.3, 0.4) is 0 Å². The number of ether oxygens (including phenoxy) is 1. The van der Waals surface area contributed by atoms with E-state index in [1.54, 1.807) is 25.1 Å². The van der Waals surface area contributed by atoms with Gasteiger partial charge in [0.25, 0.3) is 0 Å². The maximum Gasteiger partial charge on any atom is 0.335 e. The number of rotatable bonds is 4. The van der Waals surface area contributed by atoms with E-state index in [2.05, 4.69) is 13.8 Å². The van der Waals surface area contributed by atoms with Crippen molar-refractivity contribution in [2.45, 2.75) is 26.7 Å². The predicted molar refractivity (Wildman–Crippen MR) is 78.7 cm³/mol. The highest BCUT2D eigenvalue weighted by atomic mass is 16.5. The SMILES string of the molecule is Cc1cc(Oc2ccccc2C(C)C)ccc1C(=O)O. The van der Waals surface area contributed by atoms with Crippen LogP contribution in [0.1, 0.15) is 41.3 Å². The van der Waals surface area contributed by atoms with Crippen LogP contribution in [0.5, 0.6) is 11.5 Å². The van der Waals surface area contributed by atoms with Crippen molar-refractivity contribution in [2.24, 2.45) is 0 Å². The number of aryl methyl sites for hydroxylation is 1. The first-order chi connectivity index (χ1) is 9.49. The average Bonchev–Trinajstić information content (AvgIpc) is 2.38. The molecule has 0 bridgehead atoms. The molecule has 0 aromatic heterocycles. The van der Waals surface area contributed by atoms with Crippen LogP contribution in [0.4, 0.5) is 0 Å². The Morgan fingerprint density at radius 3 is 2.45 bits per heavy atom. The van der Waals surface area contributed by atoms with E-state index < -0.39 is 5.97 Å². The van der Waals surface area contributed by atoms with Crippen molar-refractivity contribution in [2.75, 3.05) is 0 Å². The van der Waals surface area contributed by atoms with Gasteiger partial charge in [-0.25, -0.2) is 4.79 Å². The summed E-state index contributed by atoms with van der Waals surface area (Å²) < 4.78 is 5.89. The summed E-state index contributed by atoms with van der Waals surface area (Å²) in [6.45, 7) is 5.99. The van der Waals surface area contributed by atoms with Crippen LogP contribution in [0.2, 0.25) is 0 Å². The lowest BCUT2D eigenvalue weighted by Crippen LogP contribution is -2.00. The molecule has 1 N–H and O–H groups in total. The molecule has 2 aromatic carbocycles. The van der Waals surface area contributed by atoms with Crippen LogP contribution in [-0.2, 0) is 0 Å². The van der Waals surface area contributed by atoms with Gasteiger partial charge in [0, 0.05) is 0 Å². The molecule has 0 fully saturated rings. The van der Waals surface area contributed by atoms with E-state index in [1.165, 1.54) is 0 Å². The second-order valence-electron chi connectivity index (χ2n) is 5.08. The molecule has 20 heavy (non-hydrogen) atoms. The number of aromatic carboxylic acids is 1. The molecule has 0 radical (unpaired) electrons. The molecule has 104 valence electrons. The Labute approximate surface area is 118 Å². The molecule has 0 aliphatic carbocycles. The minimum Gasteiger partial charge on any atom is -0.478 e. The number of hydrogen-bond donors (Lipinski definition) is 1. The fourth-order valence-electron chi connectivity index (χ4n) is 2.12. The molecule has 2 rings (SSSR count). The average molecular weight is 270 g/mol. The monoisotopic (exact) mass is 270 g/mol. The summed E-state index contributed by atoms with van der Waals surface area (Å²) in [5.74, 6) is 0.910. The molecule has 0 saturated carbocycles. The number of carbonyl (C=O) groups is 1. The van der Waals surface area contributed by atoms with Crippen molar-refractivity contribution in [3.63, 3.8) is 0 Å². The summed E-state index contributed by atoms with van der Waals surface area (Å²) in [7, 11) is 0. The predicted octanol–water partition coefficient (Wildman–Crippen LogP) is 4.61. The molecule has 0 heterocycles. The molecule has 0 spiro atoms. The van der Waals surface area contributed by atoms with E-state index in [4.69, 9.17) is 9.84 Å². The summed E-state index contributed by atoms with van der Waals surface area (Å²) in [6, 6.07) is 12.9. The lowest BCUT2D eigenvalue weighted by atomic mass is 10.0. The fraction of sp³-hybridized carbons (Fsp3) is 0.235. The Hall–Kier alpha value is -2.29. The van der Waals surface area contributed by atoms with Crippen LogP contribution < -0.4 is 4.74 Å². The van der Waals surface area contributed by atoms with E-state index in [9.17, 15) is 4.79 Å². The second kappa shape index (κ2) is 5.78. The van der Waals surface area contributed by atoms with E-state index in [0.29, 0.717) is 22.8 Å². The quantitative estimate of drug-likeness (QED) is 0.882. The molecule has 3 heteroatoms. The number of hydrogen-bond acceptors (Lipinski definition) is 2. The van der Waals surface area contributed by atoms with Crippen LogP contribution >= 0.6 is 0 Å². The highest BCUT2D eigenvalue weighted by Crippen LogP contribution is 2.31. The van der Waals surface area contributed by atoms with Crippen LogP contribution in [-0.4, -0.2) is 11.1 Å². The van der Waals surface area contributed by atoms with E-state index in [0.717, 1.165) is 11.3 Å². The van der Waals surface area contributed by atoms with Gasteiger partial charge >= 0.3 is 5.97 Å². The highest BCUT2D eigenvalue weighted by Gasteiger charge is 2.10. The minimum absolute atomic E-state index is 0.300. The van der Waals surface area contributed by atoms with Gasteiger partial charge in [-0.1, -0.05) is 32.0 Å². The Morgan fingerprint density at radius 2 is 1.85 bits per heavy atom. The van der Waals surface area contributed by atoms with Crippen molar-refractivity contribution in [1.29, 1.82) is 0 Å². The maximum atomic E-state index is 11.0. The van der Waals surface area contributed by atoms with E-state index in [-0.39, 0.29) is 0 Å². The minimum atomic E-state index is -0.920. The first kappa shape index (κ1) is 14.1. The first-order valence-corrected chi connectivity index (χ1v) is 6.59. The molecule has 0 aliphatic rings. The number of benzene rings is 2. The zero-order chi connectivity index (χ0) is 14.7. The molecule has 3 nitrogen and oxygen atoms in total. The van der Waals surface area contributed by atoms with Gasteiger partial charge in [-0.15, -0.1) is 0 Å². The molecule has 2 aromatic rings. The standard InChI is InChI=1S/C17H18O3/c1-11(2)14-6-4-5-7-16(14)20-13-8-9-15(17(18)19)12(3)10-13/h4-11H,1-3H3,(H,18,19). The number of para-hydroxylation sites is 1. The lowest BCUT2D eigenvalue weighted by Gasteiger charge is -2.14. The van der Waals surface area contributed by atoms with Crippen molar-refractivity contribution in [1.82, 2.24) is 0 Å². The third-order valence-electron chi connectivity index (χ3n) is 3.20. The van der Waals surface area contributed by atoms with Crippen LogP contribution in [0.25, 0.3) is 0 Å². The summed E-state index contributed by atoms with van der Waals surface area (Å²) in [5, 5.41) is 9.02. The van der Waals surface area contributed by atoms with Gasteiger partial charge in [0.1, 0.15) is 11.5 Å². The first-order valence-electron chi connectivity index (χ1n) is 6.59. The topological polar surface area (TPSA) is 46.5 Å². The Bertz CT molecular complexity index is 630. The van der Waals surface area contributed by atoms with Gasteiger partial charge in [0.15, 0.2) is 0 Å². The van der Waals surface area contributed by atoms with Gasteiger partial charge in [-0.05, 0) is 48.2 Å². The molecule has 0 amide bonds. The highest BCUT2D eigenvalue weighted by molar-refractivity contribution is 5.89. The van der Waals surface area contributed by atoms with Crippen LogP contribution in [0, 0.1) is 6.92 Å². The largest absolute Gasteiger partial charge is 0.478 e. The summed E-state index contributed by atoms with van der Waals surface area (Å²) in [6.07, 6.45) is 0. The van der Waals surface area contributed by atoms with Crippen molar-refractivity contribution in [3.8, 4) is 11.5 Å². The van der Waals surface area contributed by atoms with Crippen molar-refractivity contribution in [3.05, 3.63) is 59.2 Å². The zero-order valence-corrected chi connectivity index (χ0v) is 11.9. The number of carboxylic acids is 1. The molecular formula is C17H18O3. The molecule has 0 aliphatic heterocycles. The zero-order valence-electron chi connectivity index (χ0n) is 11.9. The molecule has 0 unspecified atom stereocenters. The van der Waals surface area contributed by atoms with E-state index >= 15 is 0 Å². The summed E-state index contributed by atoms with van der Waals surface area (Å²) in [5.41, 5.74) is 2.12. The van der Waals surface area contributed by atoms with Gasteiger partial charge < -0.3 is 9.84 Å². The third kappa shape index (κ3) is 2.99. The van der Waals surface area contributed by atoms with E-state index in [1.807, 2.05) is 24.3 Å². The van der Waals surface area contributed by atoms with Crippen molar-refractivity contribution >= 4 is 5.97 Å².